The third kappa shape index (κ3) is 4.45. The van der Waals surface area contributed by atoms with Crippen molar-refractivity contribution in [3.63, 3.8) is 0 Å². The molecule has 0 aliphatic heterocycles. The van der Waals surface area contributed by atoms with Crippen LogP contribution in [0.25, 0.3) is 0 Å². The smallest absolute Gasteiger partial charge is 0.213 e. The van der Waals surface area contributed by atoms with Gasteiger partial charge in [-0.1, -0.05) is 5.16 Å². The molecule has 0 bridgehead atoms. The molecule has 1 aromatic rings. The predicted molar refractivity (Wildman–Crippen MR) is 62.9 cm³/mol. The molecule has 0 aromatic carbocycles. The van der Waals surface area contributed by atoms with E-state index in [-0.39, 0.29) is 12.3 Å². The number of hydrogen-bond acceptors (Lipinski definition) is 5. The highest BCUT2D eigenvalue weighted by molar-refractivity contribution is 7.89. The van der Waals surface area contributed by atoms with Gasteiger partial charge in [-0.3, -0.25) is 0 Å². The molecule has 2 rings (SSSR count). The minimum atomic E-state index is -3.24. The quantitative estimate of drug-likeness (QED) is 0.728. The average Bonchev–Trinajstić information content (AvgIpc) is 2.98. The molecule has 0 unspecified atom stereocenters. The number of nitrogens with zero attached hydrogens (tertiary/aromatic N) is 1. The van der Waals surface area contributed by atoms with Crippen LogP contribution in [0.3, 0.4) is 0 Å². The van der Waals surface area contributed by atoms with Gasteiger partial charge in [0.2, 0.25) is 10.0 Å². The fourth-order valence-corrected chi connectivity index (χ4v) is 2.33. The van der Waals surface area contributed by atoms with Gasteiger partial charge in [-0.2, -0.15) is 0 Å². The summed E-state index contributed by atoms with van der Waals surface area (Å²) in [6.07, 6.45) is 2.32. The fraction of sp³-hybridized carbons (Fsp3) is 0.700. The van der Waals surface area contributed by atoms with Crippen molar-refractivity contribution < 1.29 is 12.9 Å². The molecule has 96 valence electrons. The summed E-state index contributed by atoms with van der Waals surface area (Å²) < 4.78 is 30.6. The second kappa shape index (κ2) is 5.16. The standard InChI is InChI=1S/C10H17N3O3S/c1-8-6-10(16-13-8)7-12-17(14,15)5-4-11-9-2-3-9/h6,9,11-12H,2-5,7H2,1H3. The Hall–Kier alpha value is -0.920. The van der Waals surface area contributed by atoms with Crippen LogP contribution in [0.2, 0.25) is 0 Å². The van der Waals surface area contributed by atoms with Gasteiger partial charge in [-0.25, -0.2) is 13.1 Å². The number of sulfonamides is 1. The van der Waals surface area contributed by atoms with Gasteiger partial charge in [0.15, 0.2) is 5.76 Å². The van der Waals surface area contributed by atoms with E-state index in [1.165, 1.54) is 0 Å². The molecule has 1 aliphatic rings. The van der Waals surface area contributed by atoms with Crippen molar-refractivity contribution in [1.29, 1.82) is 0 Å². The monoisotopic (exact) mass is 259 g/mol. The molecule has 0 radical (unpaired) electrons. The molecule has 0 saturated heterocycles. The zero-order valence-corrected chi connectivity index (χ0v) is 10.6. The highest BCUT2D eigenvalue weighted by Crippen LogP contribution is 2.17. The summed E-state index contributed by atoms with van der Waals surface area (Å²) in [4.78, 5) is 0. The summed E-state index contributed by atoms with van der Waals surface area (Å²) in [6.45, 7) is 2.45. The predicted octanol–water partition coefficient (Wildman–Crippen LogP) is 0.154. The number of hydrogen-bond donors (Lipinski definition) is 2. The molecule has 1 aromatic heterocycles. The molecular formula is C10H17N3O3S. The van der Waals surface area contributed by atoms with Crippen molar-refractivity contribution in [3.05, 3.63) is 17.5 Å². The van der Waals surface area contributed by atoms with Gasteiger partial charge in [0.25, 0.3) is 0 Å². The van der Waals surface area contributed by atoms with Gasteiger partial charge < -0.3 is 9.84 Å². The van der Waals surface area contributed by atoms with Crippen LogP contribution in [0.5, 0.6) is 0 Å². The summed E-state index contributed by atoms with van der Waals surface area (Å²) in [5.41, 5.74) is 0.745. The van der Waals surface area contributed by atoms with Crippen LogP contribution in [-0.4, -0.2) is 31.9 Å². The first-order valence-electron chi connectivity index (χ1n) is 5.68. The molecule has 0 amide bonds. The summed E-state index contributed by atoms with van der Waals surface area (Å²) in [6, 6.07) is 2.24. The Kier molecular flexibility index (Phi) is 3.80. The maximum absolute atomic E-state index is 11.6. The lowest BCUT2D eigenvalue weighted by Crippen LogP contribution is -2.32. The van der Waals surface area contributed by atoms with Crippen molar-refractivity contribution in [2.24, 2.45) is 0 Å². The number of nitrogens with one attached hydrogen (secondary N) is 2. The summed E-state index contributed by atoms with van der Waals surface area (Å²) >= 11 is 0. The van der Waals surface area contributed by atoms with E-state index in [2.05, 4.69) is 15.2 Å². The molecule has 1 heterocycles. The SMILES string of the molecule is Cc1cc(CNS(=O)(=O)CCNC2CC2)on1. The first kappa shape index (κ1) is 12.5. The molecule has 0 spiro atoms. The van der Waals surface area contributed by atoms with Gasteiger partial charge in [-0.15, -0.1) is 0 Å². The van der Waals surface area contributed by atoms with E-state index >= 15 is 0 Å². The Morgan fingerprint density at radius 3 is 2.88 bits per heavy atom. The molecule has 1 aliphatic carbocycles. The first-order valence-corrected chi connectivity index (χ1v) is 7.33. The molecule has 1 saturated carbocycles. The van der Waals surface area contributed by atoms with Crippen LogP contribution >= 0.6 is 0 Å². The van der Waals surface area contributed by atoms with Crippen molar-refractivity contribution in [1.82, 2.24) is 15.2 Å². The third-order valence-electron chi connectivity index (χ3n) is 2.52. The van der Waals surface area contributed by atoms with Crippen LogP contribution in [-0.2, 0) is 16.6 Å². The van der Waals surface area contributed by atoms with Gasteiger partial charge in [0.1, 0.15) is 0 Å². The lowest BCUT2D eigenvalue weighted by molar-refractivity contribution is 0.377. The van der Waals surface area contributed by atoms with Crippen LogP contribution in [0.1, 0.15) is 24.3 Å². The molecule has 1 fully saturated rings. The van der Waals surface area contributed by atoms with Gasteiger partial charge >= 0.3 is 0 Å². The molecule has 0 atom stereocenters. The maximum Gasteiger partial charge on any atom is 0.213 e. The Morgan fingerprint density at radius 1 is 1.53 bits per heavy atom. The number of aromatic nitrogens is 1. The Balaban J connectivity index is 1.72. The van der Waals surface area contributed by atoms with Crippen molar-refractivity contribution in [3.8, 4) is 0 Å². The first-order chi connectivity index (χ1) is 8.05. The van der Waals surface area contributed by atoms with E-state index in [9.17, 15) is 8.42 Å². The van der Waals surface area contributed by atoms with E-state index in [1.807, 2.05) is 0 Å². The average molecular weight is 259 g/mol. The van der Waals surface area contributed by atoms with E-state index in [1.54, 1.807) is 13.0 Å². The van der Waals surface area contributed by atoms with Crippen LogP contribution in [0, 0.1) is 6.92 Å². The molecule has 2 N–H and O–H groups in total. The number of aryl methyl sites for hydroxylation is 1. The molecule has 6 nitrogen and oxygen atoms in total. The van der Waals surface area contributed by atoms with Crippen LogP contribution < -0.4 is 10.0 Å². The fourth-order valence-electron chi connectivity index (χ4n) is 1.44. The van der Waals surface area contributed by atoms with E-state index < -0.39 is 10.0 Å². The maximum atomic E-state index is 11.6. The zero-order valence-electron chi connectivity index (χ0n) is 9.77. The normalized spacial score (nSPS) is 16.3. The van der Waals surface area contributed by atoms with Crippen LogP contribution in [0.15, 0.2) is 10.6 Å². The number of rotatable bonds is 7. The molecule has 7 heteroatoms. The van der Waals surface area contributed by atoms with Gasteiger partial charge in [-0.05, 0) is 19.8 Å². The Morgan fingerprint density at radius 2 is 2.29 bits per heavy atom. The van der Waals surface area contributed by atoms with Crippen molar-refractivity contribution in [2.45, 2.75) is 32.4 Å². The summed E-state index contributed by atoms with van der Waals surface area (Å²) in [5, 5.41) is 6.85. The lowest BCUT2D eigenvalue weighted by atomic mass is 10.4. The van der Waals surface area contributed by atoms with E-state index in [0.29, 0.717) is 18.3 Å². The van der Waals surface area contributed by atoms with Crippen molar-refractivity contribution in [2.75, 3.05) is 12.3 Å². The second-order valence-corrected chi connectivity index (χ2v) is 6.23. The highest BCUT2D eigenvalue weighted by Gasteiger charge is 2.21. The van der Waals surface area contributed by atoms with E-state index in [4.69, 9.17) is 4.52 Å². The Bertz CT molecular complexity index is 465. The minimum absolute atomic E-state index is 0.0939. The summed E-state index contributed by atoms with van der Waals surface area (Å²) in [7, 11) is -3.24. The van der Waals surface area contributed by atoms with Crippen molar-refractivity contribution >= 4 is 10.0 Å². The summed E-state index contributed by atoms with van der Waals surface area (Å²) in [5.74, 6) is 0.623. The van der Waals surface area contributed by atoms with Crippen LogP contribution in [0.4, 0.5) is 0 Å². The topological polar surface area (TPSA) is 84.2 Å². The van der Waals surface area contributed by atoms with Gasteiger partial charge in [0, 0.05) is 18.7 Å². The molecular weight excluding hydrogens is 242 g/mol. The van der Waals surface area contributed by atoms with E-state index in [0.717, 1.165) is 18.5 Å². The zero-order chi connectivity index (χ0) is 12.3. The largest absolute Gasteiger partial charge is 0.360 e. The third-order valence-corrected chi connectivity index (χ3v) is 3.85. The Labute approximate surface area is 101 Å². The van der Waals surface area contributed by atoms with Gasteiger partial charge in [0.05, 0.1) is 18.0 Å². The highest BCUT2D eigenvalue weighted by atomic mass is 32.2. The minimum Gasteiger partial charge on any atom is -0.360 e. The lowest BCUT2D eigenvalue weighted by Gasteiger charge is -2.05. The molecule has 17 heavy (non-hydrogen) atoms. The second-order valence-electron chi connectivity index (χ2n) is 4.30.